The molecule has 2 N–H and O–H groups in total. The van der Waals surface area contributed by atoms with Crippen LogP contribution in [0.3, 0.4) is 0 Å². The number of amides is 1. The Kier molecular flexibility index (Phi) is 5.53. The molecule has 0 radical (unpaired) electrons. The maximum atomic E-state index is 12.1. The summed E-state index contributed by atoms with van der Waals surface area (Å²) in [6.45, 7) is 1.74. The van der Waals surface area contributed by atoms with E-state index in [1.807, 2.05) is 24.3 Å². The van der Waals surface area contributed by atoms with E-state index in [9.17, 15) is 4.79 Å². The van der Waals surface area contributed by atoms with E-state index in [-0.39, 0.29) is 5.91 Å². The van der Waals surface area contributed by atoms with Gasteiger partial charge in [0.25, 0.3) is 5.91 Å². The average Bonchev–Trinajstić information content (AvgIpc) is 2.99. The number of aromatic nitrogens is 1. The van der Waals surface area contributed by atoms with Crippen molar-refractivity contribution >= 4 is 62.0 Å². The Morgan fingerprint density at radius 1 is 1.20 bits per heavy atom. The first kappa shape index (κ1) is 17.7. The van der Waals surface area contributed by atoms with Crippen LogP contribution in [0.5, 0.6) is 0 Å². The summed E-state index contributed by atoms with van der Waals surface area (Å²) in [4.78, 5) is 16.6. The minimum Gasteiger partial charge on any atom is -0.350 e. The van der Waals surface area contributed by atoms with Gasteiger partial charge in [-0.2, -0.15) is 5.10 Å². The standard InChI is InChI=1S/C17H14Cl2N4OS/c1-10(21-17-22-14-7-2-3-8-15(14)25-17)16(24)23-20-9-11-12(18)5-4-6-13(11)19/h2-10H,1H3,(H,21,22)(H,23,24)/b20-9-/t10-/m1/s1. The van der Waals surface area contributed by atoms with Crippen LogP contribution in [0.2, 0.25) is 10.0 Å². The molecule has 0 fully saturated rings. The molecule has 1 atom stereocenters. The third kappa shape index (κ3) is 4.28. The van der Waals surface area contributed by atoms with Crippen molar-refractivity contribution < 1.29 is 4.79 Å². The third-order valence-corrected chi connectivity index (χ3v) is 5.02. The van der Waals surface area contributed by atoms with Gasteiger partial charge in [-0.3, -0.25) is 4.79 Å². The lowest BCUT2D eigenvalue weighted by Crippen LogP contribution is -2.34. The fourth-order valence-electron chi connectivity index (χ4n) is 2.08. The maximum absolute atomic E-state index is 12.1. The van der Waals surface area contributed by atoms with Gasteiger partial charge in [-0.05, 0) is 31.2 Å². The number of carbonyl (C=O) groups excluding carboxylic acids is 1. The largest absolute Gasteiger partial charge is 0.350 e. The zero-order valence-corrected chi connectivity index (χ0v) is 15.5. The van der Waals surface area contributed by atoms with Crippen molar-refractivity contribution in [3.8, 4) is 0 Å². The molecule has 0 aliphatic heterocycles. The summed E-state index contributed by atoms with van der Waals surface area (Å²) in [7, 11) is 0. The summed E-state index contributed by atoms with van der Waals surface area (Å²) < 4.78 is 1.06. The predicted octanol–water partition coefficient (Wildman–Crippen LogP) is 4.55. The highest BCUT2D eigenvalue weighted by atomic mass is 35.5. The smallest absolute Gasteiger partial charge is 0.262 e. The quantitative estimate of drug-likeness (QED) is 0.494. The van der Waals surface area contributed by atoms with Gasteiger partial charge in [-0.15, -0.1) is 0 Å². The molecular formula is C17H14Cl2N4OS. The molecule has 0 spiro atoms. The molecule has 0 saturated heterocycles. The van der Waals surface area contributed by atoms with E-state index in [0.29, 0.717) is 20.7 Å². The second-order valence-electron chi connectivity index (χ2n) is 5.22. The lowest BCUT2D eigenvalue weighted by atomic mass is 10.2. The lowest BCUT2D eigenvalue weighted by molar-refractivity contribution is -0.121. The van der Waals surface area contributed by atoms with Gasteiger partial charge >= 0.3 is 0 Å². The Morgan fingerprint density at radius 3 is 2.64 bits per heavy atom. The SMILES string of the molecule is C[C@@H](Nc1nc2ccccc2s1)C(=O)N/N=C\c1c(Cl)cccc1Cl. The van der Waals surface area contributed by atoms with E-state index in [1.165, 1.54) is 17.6 Å². The molecule has 128 valence electrons. The molecule has 1 heterocycles. The number of para-hydroxylation sites is 1. The zero-order valence-electron chi connectivity index (χ0n) is 13.2. The van der Waals surface area contributed by atoms with Crippen molar-refractivity contribution in [3.63, 3.8) is 0 Å². The highest BCUT2D eigenvalue weighted by molar-refractivity contribution is 7.22. The number of nitrogens with zero attached hydrogens (tertiary/aromatic N) is 2. The van der Waals surface area contributed by atoms with Gasteiger partial charge in [0, 0.05) is 5.56 Å². The van der Waals surface area contributed by atoms with Crippen molar-refractivity contribution in [1.29, 1.82) is 0 Å². The van der Waals surface area contributed by atoms with E-state index in [1.54, 1.807) is 25.1 Å². The number of rotatable bonds is 5. The molecule has 5 nitrogen and oxygen atoms in total. The number of thiazole rings is 1. The summed E-state index contributed by atoms with van der Waals surface area (Å²) in [5, 5.41) is 8.60. The number of halogens is 2. The molecule has 0 aliphatic rings. The molecule has 0 saturated carbocycles. The highest BCUT2D eigenvalue weighted by Crippen LogP contribution is 2.26. The third-order valence-electron chi connectivity index (χ3n) is 3.40. The highest BCUT2D eigenvalue weighted by Gasteiger charge is 2.14. The summed E-state index contributed by atoms with van der Waals surface area (Å²) >= 11 is 13.6. The van der Waals surface area contributed by atoms with Crippen molar-refractivity contribution in [2.45, 2.75) is 13.0 Å². The monoisotopic (exact) mass is 392 g/mol. The van der Waals surface area contributed by atoms with Crippen LogP contribution in [-0.2, 0) is 4.79 Å². The van der Waals surface area contributed by atoms with Crippen LogP contribution in [0.25, 0.3) is 10.2 Å². The van der Waals surface area contributed by atoms with E-state index in [0.717, 1.165) is 10.2 Å². The van der Waals surface area contributed by atoms with E-state index >= 15 is 0 Å². The first-order valence-electron chi connectivity index (χ1n) is 7.43. The molecule has 8 heteroatoms. The van der Waals surface area contributed by atoms with E-state index < -0.39 is 6.04 Å². The number of carbonyl (C=O) groups is 1. The zero-order chi connectivity index (χ0) is 17.8. The van der Waals surface area contributed by atoms with E-state index in [4.69, 9.17) is 23.2 Å². The Balaban J connectivity index is 1.61. The Hall–Kier alpha value is -2.15. The average molecular weight is 393 g/mol. The number of hydrogen-bond donors (Lipinski definition) is 2. The summed E-state index contributed by atoms with van der Waals surface area (Å²) in [5.74, 6) is -0.293. The van der Waals surface area contributed by atoms with Crippen LogP contribution >= 0.6 is 34.5 Å². The van der Waals surface area contributed by atoms with Crippen molar-refractivity contribution in [2.24, 2.45) is 5.10 Å². The number of anilines is 1. The minimum absolute atomic E-state index is 0.293. The van der Waals surface area contributed by atoms with Crippen LogP contribution in [-0.4, -0.2) is 23.1 Å². The first-order valence-corrected chi connectivity index (χ1v) is 9.01. The van der Waals surface area contributed by atoms with Gasteiger partial charge < -0.3 is 5.32 Å². The second-order valence-corrected chi connectivity index (χ2v) is 7.07. The van der Waals surface area contributed by atoms with Crippen LogP contribution in [0.15, 0.2) is 47.6 Å². The van der Waals surface area contributed by atoms with Crippen molar-refractivity contribution in [3.05, 3.63) is 58.1 Å². The van der Waals surface area contributed by atoms with Gasteiger partial charge in [0.1, 0.15) is 6.04 Å². The van der Waals surface area contributed by atoms with Gasteiger partial charge in [-0.25, -0.2) is 10.4 Å². The Labute approximate surface area is 158 Å². The topological polar surface area (TPSA) is 66.4 Å². The molecule has 3 rings (SSSR count). The van der Waals surface area contributed by atoms with Crippen LogP contribution in [0, 0.1) is 0 Å². The number of hydrogen-bond acceptors (Lipinski definition) is 5. The van der Waals surface area contributed by atoms with Crippen LogP contribution in [0.4, 0.5) is 5.13 Å². The van der Waals surface area contributed by atoms with Crippen molar-refractivity contribution in [1.82, 2.24) is 10.4 Å². The molecule has 2 aromatic carbocycles. The molecule has 1 amide bonds. The summed E-state index contributed by atoms with van der Waals surface area (Å²) in [5.41, 5.74) is 3.92. The number of hydrazone groups is 1. The molecule has 0 unspecified atom stereocenters. The molecular weight excluding hydrogens is 379 g/mol. The molecule has 0 bridgehead atoms. The van der Waals surface area contributed by atoms with Gasteiger partial charge in [0.05, 0.1) is 26.5 Å². The fraction of sp³-hybridized carbons (Fsp3) is 0.118. The Morgan fingerprint density at radius 2 is 1.92 bits per heavy atom. The van der Waals surface area contributed by atoms with E-state index in [2.05, 4.69) is 20.8 Å². The van der Waals surface area contributed by atoms with Gasteiger partial charge in [0.2, 0.25) is 0 Å². The number of fused-ring (bicyclic) bond motifs is 1. The van der Waals surface area contributed by atoms with Gasteiger partial charge in [-0.1, -0.05) is 52.7 Å². The normalized spacial score (nSPS) is 12.4. The van der Waals surface area contributed by atoms with Gasteiger partial charge in [0.15, 0.2) is 5.13 Å². The van der Waals surface area contributed by atoms with Crippen LogP contribution in [0.1, 0.15) is 12.5 Å². The Bertz CT molecular complexity index is 888. The minimum atomic E-state index is -0.501. The summed E-state index contributed by atoms with van der Waals surface area (Å²) in [6.07, 6.45) is 1.42. The molecule has 25 heavy (non-hydrogen) atoms. The first-order chi connectivity index (χ1) is 12.0. The van der Waals surface area contributed by atoms with Crippen molar-refractivity contribution in [2.75, 3.05) is 5.32 Å². The van der Waals surface area contributed by atoms with Crippen LogP contribution < -0.4 is 10.7 Å². The molecule has 0 aliphatic carbocycles. The maximum Gasteiger partial charge on any atom is 0.262 e. The summed E-state index contributed by atoms with van der Waals surface area (Å²) in [6, 6.07) is 12.4. The fourth-order valence-corrected chi connectivity index (χ4v) is 3.52. The number of nitrogens with one attached hydrogen (secondary N) is 2. The molecule has 1 aromatic heterocycles. The predicted molar refractivity (Wildman–Crippen MR) is 105 cm³/mol. The molecule has 3 aromatic rings. The number of benzene rings is 2. The lowest BCUT2D eigenvalue weighted by Gasteiger charge is -2.10. The second kappa shape index (κ2) is 7.82.